The molecule has 1 aromatic heterocycles. The molecule has 0 unspecified atom stereocenters. The molecule has 0 aliphatic carbocycles. The Morgan fingerprint density at radius 2 is 1.79 bits per heavy atom. The standard InChI is InChI=1S/C19H15N3O2/c23-18-13-7-2-4-9-15(13)22-17(16-10-5-11-21(16)18)20-14-8-3-1-6-12(14)19(22)24/h1-4,6-9,16H,5,10-11H2/t16-/m1/s1. The molecule has 0 N–H and O–H groups in total. The highest BCUT2D eigenvalue weighted by molar-refractivity contribution is 5.99. The smallest absolute Gasteiger partial charge is 0.266 e. The molecule has 1 atom stereocenters. The zero-order valence-corrected chi connectivity index (χ0v) is 13.0. The molecule has 3 aromatic rings. The largest absolute Gasteiger partial charge is 0.328 e. The molecule has 5 heteroatoms. The second-order valence-corrected chi connectivity index (χ2v) is 6.30. The minimum absolute atomic E-state index is 0.0120. The summed E-state index contributed by atoms with van der Waals surface area (Å²) >= 11 is 0. The van der Waals surface area contributed by atoms with E-state index in [2.05, 4.69) is 0 Å². The monoisotopic (exact) mass is 317 g/mol. The van der Waals surface area contributed by atoms with Crippen molar-refractivity contribution < 1.29 is 4.79 Å². The van der Waals surface area contributed by atoms with Gasteiger partial charge in [-0.25, -0.2) is 4.98 Å². The molecule has 3 heterocycles. The Kier molecular flexibility index (Phi) is 2.68. The highest BCUT2D eigenvalue weighted by Gasteiger charge is 2.38. The number of fused-ring (bicyclic) bond motifs is 6. The summed E-state index contributed by atoms with van der Waals surface area (Å²) in [7, 11) is 0. The Hall–Kier alpha value is -2.95. The van der Waals surface area contributed by atoms with E-state index in [1.165, 1.54) is 0 Å². The van der Waals surface area contributed by atoms with Crippen LogP contribution >= 0.6 is 0 Å². The molecular weight excluding hydrogens is 302 g/mol. The van der Waals surface area contributed by atoms with Crippen LogP contribution in [0.1, 0.15) is 35.1 Å². The molecule has 2 aliphatic heterocycles. The molecule has 2 aromatic carbocycles. The van der Waals surface area contributed by atoms with Crippen molar-refractivity contribution in [3.8, 4) is 5.69 Å². The highest BCUT2D eigenvalue weighted by atomic mass is 16.2. The summed E-state index contributed by atoms with van der Waals surface area (Å²) in [5, 5.41) is 0.579. The Morgan fingerprint density at radius 1 is 1.00 bits per heavy atom. The van der Waals surface area contributed by atoms with Crippen LogP contribution in [0.3, 0.4) is 0 Å². The summed E-state index contributed by atoms with van der Waals surface area (Å²) in [5.74, 6) is 0.663. The number of carbonyl (C=O) groups excluding carboxylic acids is 1. The summed E-state index contributed by atoms with van der Waals surface area (Å²) in [5.41, 5.74) is 1.79. The first kappa shape index (κ1) is 13.5. The van der Waals surface area contributed by atoms with Gasteiger partial charge in [0.2, 0.25) is 0 Å². The SMILES string of the molecule is O=C1c2ccccc2-n2c(nc3ccccc3c2=O)[C@H]2CCCN12. The number of hydrogen-bond donors (Lipinski definition) is 0. The third-order valence-electron chi connectivity index (χ3n) is 4.99. The lowest BCUT2D eigenvalue weighted by atomic mass is 10.1. The van der Waals surface area contributed by atoms with E-state index in [-0.39, 0.29) is 17.5 Å². The number of rotatable bonds is 0. The maximum Gasteiger partial charge on any atom is 0.266 e. The fourth-order valence-corrected chi connectivity index (χ4v) is 3.89. The van der Waals surface area contributed by atoms with Crippen LogP contribution in [0.2, 0.25) is 0 Å². The first-order valence-electron chi connectivity index (χ1n) is 8.18. The molecule has 2 aliphatic rings. The van der Waals surface area contributed by atoms with Crippen LogP contribution in [0.4, 0.5) is 0 Å². The van der Waals surface area contributed by atoms with E-state index >= 15 is 0 Å². The van der Waals surface area contributed by atoms with Gasteiger partial charge in [-0.15, -0.1) is 0 Å². The third kappa shape index (κ3) is 1.67. The zero-order valence-electron chi connectivity index (χ0n) is 13.0. The first-order chi connectivity index (χ1) is 11.8. The molecule has 0 bridgehead atoms. The van der Waals surface area contributed by atoms with Gasteiger partial charge in [0.1, 0.15) is 5.82 Å². The zero-order chi connectivity index (χ0) is 16.3. The van der Waals surface area contributed by atoms with E-state index in [4.69, 9.17) is 4.98 Å². The van der Waals surface area contributed by atoms with E-state index in [1.54, 1.807) is 16.7 Å². The average Bonchev–Trinajstić information content (AvgIpc) is 3.07. The molecule has 5 nitrogen and oxygen atoms in total. The first-order valence-corrected chi connectivity index (χ1v) is 8.18. The minimum atomic E-state index is -0.137. The maximum absolute atomic E-state index is 13.2. The molecule has 5 rings (SSSR count). The van der Waals surface area contributed by atoms with Crippen molar-refractivity contribution in [3.63, 3.8) is 0 Å². The van der Waals surface area contributed by atoms with Gasteiger partial charge in [0.05, 0.1) is 28.2 Å². The number of aromatic nitrogens is 2. The van der Waals surface area contributed by atoms with Gasteiger partial charge in [-0.05, 0) is 37.1 Å². The molecule has 118 valence electrons. The fraction of sp³-hybridized carbons (Fsp3) is 0.211. The van der Waals surface area contributed by atoms with Crippen molar-refractivity contribution in [2.45, 2.75) is 18.9 Å². The van der Waals surface area contributed by atoms with E-state index in [0.29, 0.717) is 34.5 Å². The topological polar surface area (TPSA) is 55.2 Å². The van der Waals surface area contributed by atoms with Crippen molar-refractivity contribution in [2.75, 3.05) is 6.54 Å². The quantitative estimate of drug-likeness (QED) is 0.640. The molecule has 0 radical (unpaired) electrons. The molecular formula is C19H15N3O2. The summed E-state index contributed by atoms with van der Waals surface area (Å²) < 4.78 is 1.64. The Morgan fingerprint density at radius 3 is 2.71 bits per heavy atom. The van der Waals surface area contributed by atoms with E-state index in [1.807, 2.05) is 41.3 Å². The lowest BCUT2D eigenvalue weighted by Gasteiger charge is -2.22. The Bertz CT molecular complexity index is 1050. The van der Waals surface area contributed by atoms with Crippen molar-refractivity contribution in [1.29, 1.82) is 0 Å². The third-order valence-corrected chi connectivity index (χ3v) is 4.99. The number of benzene rings is 2. The number of para-hydroxylation sites is 2. The minimum Gasteiger partial charge on any atom is -0.328 e. The van der Waals surface area contributed by atoms with Crippen LogP contribution in [0.5, 0.6) is 0 Å². The predicted octanol–water partition coefficient (Wildman–Crippen LogP) is 2.68. The summed E-state index contributed by atoms with van der Waals surface area (Å²) in [4.78, 5) is 32.8. The molecule has 24 heavy (non-hydrogen) atoms. The van der Waals surface area contributed by atoms with Gasteiger partial charge in [-0.3, -0.25) is 14.2 Å². The van der Waals surface area contributed by atoms with Crippen molar-refractivity contribution in [1.82, 2.24) is 14.5 Å². The van der Waals surface area contributed by atoms with Gasteiger partial charge < -0.3 is 4.90 Å². The molecule has 1 saturated heterocycles. The fourth-order valence-electron chi connectivity index (χ4n) is 3.89. The second kappa shape index (κ2) is 4.77. The van der Waals surface area contributed by atoms with Crippen molar-refractivity contribution >= 4 is 16.8 Å². The van der Waals surface area contributed by atoms with Crippen LogP contribution in [-0.2, 0) is 0 Å². The van der Waals surface area contributed by atoms with Crippen LogP contribution in [-0.4, -0.2) is 26.9 Å². The Balaban J connectivity index is 1.96. The van der Waals surface area contributed by atoms with E-state index < -0.39 is 0 Å². The van der Waals surface area contributed by atoms with Crippen LogP contribution in [0.25, 0.3) is 16.6 Å². The number of nitrogens with zero attached hydrogens (tertiary/aromatic N) is 3. The maximum atomic E-state index is 13.2. The Labute approximate surface area is 138 Å². The normalized spacial score (nSPS) is 18.9. The molecule has 1 amide bonds. The summed E-state index contributed by atoms with van der Waals surface area (Å²) in [6.07, 6.45) is 1.77. The molecule has 1 fully saturated rings. The van der Waals surface area contributed by atoms with Gasteiger partial charge in [-0.2, -0.15) is 0 Å². The summed E-state index contributed by atoms with van der Waals surface area (Å²) in [6, 6.07) is 14.6. The lowest BCUT2D eigenvalue weighted by Crippen LogP contribution is -2.31. The molecule has 0 saturated carbocycles. The van der Waals surface area contributed by atoms with Gasteiger partial charge in [0.25, 0.3) is 11.5 Å². The summed E-state index contributed by atoms with van der Waals surface area (Å²) in [6.45, 7) is 0.709. The number of carbonyl (C=O) groups is 1. The number of hydrogen-bond acceptors (Lipinski definition) is 3. The van der Waals surface area contributed by atoms with Crippen LogP contribution in [0, 0.1) is 0 Å². The van der Waals surface area contributed by atoms with Gasteiger partial charge >= 0.3 is 0 Å². The van der Waals surface area contributed by atoms with Crippen LogP contribution < -0.4 is 5.56 Å². The average molecular weight is 317 g/mol. The van der Waals surface area contributed by atoms with Gasteiger partial charge in [0.15, 0.2) is 0 Å². The van der Waals surface area contributed by atoms with E-state index in [9.17, 15) is 9.59 Å². The van der Waals surface area contributed by atoms with Crippen molar-refractivity contribution in [2.24, 2.45) is 0 Å². The lowest BCUT2D eigenvalue weighted by molar-refractivity contribution is 0.0736. The predicted molar refractivity (Wildman–Crippen MR) is 90.4 cm³/mol. The van der Waals surface area contributed by atoms with Gasteiger partial charge in [0, 0.05) is 6.54 Å². The number of amides is 1. The van der Waals surface area contributed by atoms with Crippen LogP contribution in [0.15, 0.2) is 53.3 Å². The van der Waals surface area contributed by atoms with Crippen molar-refractivity contribution in [3.05, 3.63) is 70.3 Å². The second-order valence-electron chi connectivity index (χ2n) is 6.30. The van der Waals surface area contributed by atoms with E-state index in [0.717, 1.165) is 12.8 Å². The molecule has 0 spiro atoms. The highest BCUT2D eigenvalue weighted by Crippen LogP contribution is 2.36. The van der Waals surface area contributed by atoms with Gasteiger partial charge in [-0.1, -0.05) is 24.3 Å².